The van der Waals surface area contributed by atoms with Crippen LogP contribution in [0.15, 0.2) is 0 Å². The molecule has 2 unspecified atom stereocenters. The van der Waals surface area contributed by atoms with E-state index in [1.165, 1.54) is 32.1 Å². The van der Waals surface area contributed by atoms with Crippen LogP contribution >= 0.6 is 0 Å². The van der Waals surface area contributed by atoms with Crippen molar-refractivity contribution >= 4 is 0 Å². The van der Waals surface area contributed by atoms with Gasteiger partial charge in [-0.15, -0.1) is 0 Å². The summed E-state index contributed by atoms with van der Waals surface area (Å²) in [6.45, 7) is 5.13. The maximum Gasteiger partial charge on any atom is 0.0431 e. The lowest BCUT2D eigenvalue weighted by Gasteiger charge is -2.39. The van der Waals surface area contributed by atoms with Crippen molar-refractivity contribution in [1.29, 1.82) is 0 Å². The van der Waals surface area contributed by atoms with Crippen molar-refractivity contribution in [3.8, 4) is 0 Å². The molecule has 0 aromatic heterocycles. The summed E-state index contributed by atoms with van der Waals surface area (Å²) in [5.74, 6) is 0.859. The largest absolute Gasteiger partial charge is 0.396 e. The average Bonchev–Trinajstić information content (AvgIpc) is 2.07. The quantitative estimate of drug-likeness (QED) is 0.690. The molecule has 1 heteroatoms. The van der Waals surface area contributed by atoms with E-state index in [0.29, 0.717) is 12.0 Å². The molecule has 0 aliphatic heterocycles. The van der Waals surface area contributed by atoms with Crippen molar-refractivity contribution in [2.75, 3.05) is 6.61 Å². The fraction of sp³-hybridized carbons (Fsp3) is 1.00. The average molecular weight is 170 g/mol. The van der Waals surface area contributed by atoms with Gasteiger partial charge in [0.25, 0.3) is 0 Å². The summed E-state index contributed by atoms with van der Waals surface area (Å²) in [4.78, 5) is 0. The predicted octanol–water partition coefficient (Wildman–Crippen LogP) is 2.98. The zero-order valence-corrected chi connectivity index (χ0v) is 8.47. The Balaban J connectivity index is 2.42. The Labute approximate surface area is 76.2 Å². The molecular weight excluding hydrogens is 148 g/mol. The first-order valence-electron chi connectivity index (χ1n) is 5.30. The highest BCUT2D eigenvalue weighted by Gasteiger charge is 2.32. The molecule has 1 rings (SSSR count). The van der Waals surface area contributed by atoms with Crippen LogP contribution < -0.4 is 0 Å². The van der Waals surface area contributed by atoms with Crippen molar-refractivity contribution in [1.82, 2.24) is 0 Å². The topological polar surface area (TPSA) is 20.2 Å². The van der Waals surface area contributed by atoms with Crippen LogP contribution in [0.2, 0.25) is 0 Å². The van der Waals surface area contributed by atoms with Crippen LogP contribution in [0.3, 0.4) is 0 Å². The van der Waals surface area contributed by atoms with E-state index in [4.69, 9.17) is 5.11 Å². The van der Waals surface area contributed by atoms with E-state index in [-0.39, 0.29) is 0 Å². The fourth-order valence-electron chi connectivity index (χ4n) is 2.43. The molecule has 1 fully saturated rings. The van der Waals surface area contributed by atoms with Crippen LogP contribution in [-0.2, 0) is 0 Å². The van der Waals surface area contributed by atoms with Crippen LogP contribution in [0.25, 0.3) is 0 Å². The Morgan fingerprint density at radius 2 is 2.17 bits per heavy atom. The number of aliphatic hydroxyl groups is 1. The van der Waals surface area contributed by atoms with E-state index < -0.39 is 0 Å². The molecular formula is C11H22O. The first kappa shape index (κ1) is 10.0. The lowest BCUT2D eigenvalue weighted by atomic mass is 9.66. The van der Waals surface area contributed by atoms with Crippen molar-refractivity contribution in [2.45, 2.75) is 52.4 Å². The van der Waals surface area contributed by atoms with Crippen LogP contribution in [0.1, 0.15) is 52.4 Å². The van der Waals surface area contributed by atoms with Crippen molar-refractivity contribution in [3.63, 3.8) is 0 Å². The van der Waals surface area contributed by atoms with Gasteiger partial charge in [-0.1, -0.05) is 33.1 Å². The summed E-state index contributed by atoms with van der Waals surface area (Å²) >= 11 is 0. The molecule has 0 bridgehead atoms. The van der Waals surface area contributed by atoms with Gasteiger partial charge < -0.3 is 5.11 Å². The zero-order valence-electron chi connectivity index (χ0n) is 8.47. The molecule has 1 nitrogen and oxygen atoms in total. The second-order valence-corrected chi connectivity index (χ2v) is 4.63. The number of aliphatic hydroxyl groups excluding tert-OH is 1. The Morgan fingerprint density at radius 3 is 2.75 bits per heavy atom. The van der Waals surface area contributed by atoms with Gasteiger partial charge in [-0.25, -0.2) is 0 Å². The van der Waals surface area contributed by atoms with E-state index in [1.54, 1.807) is 0 Å². The van der Waals surface area contributed by atoms with Gasteiger partial charge in [0.2, 0.25) is 0 Å². The Morgan fingerprint density at radius 1 is 1.42 bits per heavy atom. The fourth-order valence-corrected chi connectivity index (χ4v) is 2.43. The van der Waals surface area contributed by atoms with Crippen molar-refractivity contribution < 1.29 is 5.11 Å². The first-order chi connectivity index (χ1) is 5.69. The molecule has 1 N–H and O–H groups in total. The number of hydrogen-bond acceptors (Lipinski definition) is 1. The summed E-state index contributed by atoms with van der Waals surface area (Å²) in [6.07, 6.45) is 7.77. The van der Waals surface area contributed by atoms with Crippen LogP contribution in [0, 0.1) is 11.3 Å². The third-order valence-corrected chi connectivity index (χ3v) is 3.73. The van der Waals surface area contributed by atoms with Crippen molar-refractivity contribution in [3.05, 3.63) is 0 Å². The highest BCUT2D eigenvalue weighted by atomic mass is 16.2. The monoisotopic (exact) mass is 170 g/mol. The summed E-state index contributed by atoms with van der Waals surface area (Å²) in [5.41, 5.74) is 0.529. The maximum atomic E-state index is 8.80. The van der Waals surface area contributed by atoms with Gasteiger partial charge >= 0.3 is 0 Å². The standard InChI is InChI=1S/C11H22O/c1-10-6-3-4-7-11(10,2)8-5-9-12/h10,12H,3-9H2,1-2H3. The third kappa shape index (κ3) is 2.22. The lowest BCUT2D eigenvalue weighted by molar-refractivity contribution is 0.105. The van der Waals surface area contributed by atoms with Gasteiger partial charge in [0.05, 0.1) is 0 Å². The van der Waals surface area contributed by atoms with Gasteiger partial charge in [-0.3, -0.25) is 0 Å². The minimum atomic E-state index is 0.363. The van der Waals surface area contributed by atoms with Gasteiger partial charge in [-0.05, 0) is 30.6 Å². The SMILES string of the molecule is CC1CCCCC1(C)CCCO. The van der Waals surface area contributed by atoms with Gasteiger partial charge in [-0.2, -0.15) is 0 Å². The van der Waals surface area contributed by atoms with E-state index in [2.05, 4.69) is 13.8 Å². The molecule has 0 spiro atoms. The van der Waals surface area contributed by atoms with Crippen LogP contribution in [0.4, 0.5) is 0 Å². The van der Waals surface area contributed by atoms with E-state index in [9.17, 15) is 0 Å². The second-order valence-electron chi connectivity index (χ2n) is 4.63. The highest BCUT2D eigenvalue weighted by Crippen LogP contribution is 2.43. The number of hydrogen-bond donors (Lipinski definition) is 1. The molecule has 0 aromatic rings. The number of rotatable bonds is 3. The molecule has 0 amide bonds. The van der Waals surface area contributed by atoms with E-state index in [1.807, 2.05) is 0 Å². The van der Waals surface area contributed by atoms with Gasteiger partial charge in [0.15, 0.2) is 0 Å². The lowest BCUT2D eigenvalue weighted by Crippen LogP contribution is -2.29. The maximum absolute atomic E-state index is 8.80. The molecule has 12 heavy (non-hydrogen) atoms. The van der Waals surface area contributed by atoms with Gasteiger partial charge in [0, 0.05) is 6.61 Å². The third-order valence-electron chi connectivity index (χ3n) is 3.73. The molecule has 0 heterocycles. The molecule has 2 atom stereocenters. The minimum Gasteiger partial charge on any atom is -0.396 e. The molecule has 1 saturated carbocycles. The summed E-state index contributed by atoms with van der Waals surface area (Å²) in [5, 5.41) is 8.80. The Bertz CT molecular complexity index is 133. The first-order valence-corrected chi connectivity index (χ1v) is 5.30. The summed E-state index contributed by atoms with van der Waals surface area (Å²) < 4.78 is 0. The molecule has 72 valence electrons. The minimum absolute atomic E-state index is 0.363. The highest BCUT2D eigenvalue weighted by molar-refractivity contribution is 4.83. The van der Waals surface area contributed by atoms with Crippen molar-refractivity contribution in [2.24, 2.45) is 11.3 Å². The summed E-state index contributed by atoms with van der Waals surface area (Å²) in [7, 11) is 0. The van der Waals surface area contributed by atoms with E-state index in [0.717, 1.165) is 12.3 Å². The zero-order chi connectivity index (χ0) is 9.03. The molecule has 0 saturated heterocycles. The Kier molecular flexibility index (Phi) is 3.57. The molecule has 1 aliphatic carbocycles. The molecule has 1 aliphatic rings. The summed E-state index contributed by atoms with van der Waals surface area (Å²) in [6, 6.07) is 0. The second kappa shape index (κ2) is 4.27. The normalized spacial score (nSPS) is 36.8. The van der Waals surface area contributed by atoms with Gasteiger partial charge in [0.1, 0.15) is 0 Å². The molecule has 0 radical (unpaired) electrons. The molecule has 0 aromatic carbocycles. The van der Waals surface area contributed by atoms with Crippen LogP contribution in [0.5, 0.6) is 0 Å². The predicted molar refractivity (Wildman–Crippen MR) is 52.1 cm³/mol. The van der Waals surface area contributed by atoms with E-state index >= 15 is 0 Å². The Hall–Kier alpha value is -0.0400. The smallest absolute Gasteiger partial charge is 0.0431 e. The van der Waals surface area contributed by atoms with Crippen LogP contribution in [-0.4, -0.2) is 11.7 Å².